The highest BCUT2D eigenvalue weighted by molar-refractivity contribution is 9.13. The van der Waals surface area contributed by atoms with Gasteiger partial charge in [0.15, 0.2) is 11.5 Å². The minimum Gasteiger partial charge on any atom is -0.503 e. The van der Waals surface area contributed by atoms with Gasteiger partial charge in [0, 0.05) is 17.0 Å². The second-order valence-electron chi connectivity index (χ2n) is 3.30. The quantitative estimate of drug-likeness (QED) is 0.624. The zero-order valence-corrected chi connectivity index (χ0v) is 13.0. The Kier molecular flexibility index (Phi) is 5.61. The number of nitrogens with one attached hydrogen (secondary N) is 1. The van der Waals surface area contributed by atoms with Gasteiger partial charge in [0.2, 0.25) is 5.91 Å². The number of hydrogen-bond donors (Lipinski definition) is 2. The number of carbonyl (C=O) groups excluding carboxylic acids is 1. The van der Waals surface area contributed by atoms with Crippen molar-refractivity contribution in [3.8, 4) is 11.5 Å². The van der Waals surface area contributed by atoms with Crippen molar-refractivity contribution in [2.24, 2.45) is 5.10 Å². The lowest BCUT2D eigenvalue weighted by atomic mass is 10.2. The molecule has 0 aliphatic carbocycles. The smallest absolute Gasteiger partial charge is 0.236 e. The average molecular weight is 380 g/mol. The number of phenolic OH excluding ortho intramolecular Hbond substituents is 1. The topological polar surface area (TPSA) is 70.9 Å². The van der Waals surface area contributed by atoms with Gasteiger partial charge in [-0.05, 0) is 44.8 Å². The van der Waals surface area contributed by atoms with Crippen molar-refractivity contribution in [1.29, 1.82) is 0 Å². The number of hydrazone groups is 1. The Balaban J connectivity index is 3.11. The zero-order valence-electron chi connectivity index (χ0n) is 9.83. The van der Waals surface area contributed by atoms with Gasteiger partial charge in [-0.2, -0.15) is 5.10 Å². The average Bonchev–Trinajstić information content (AvgIpc) is 2.32. The van der Waals surface area contributed by atoms with Crippen molar-refractivity contribution in [3.05, 3.63) is 20.6 Å². The Morgan fingerprint density at radius 1 is 1.56 bits per heavy atom. The van der Waals surface area contributed by atoms with Crippen molar-refractivity contribution < 1.29 is 14.6 Å². The van der Waals surface area contributed by atoms with Crippen LogP contribution >= 0.6 is 31.9 Å². The standard InChI is InChI=1S/C11H12Br2N2O3/c1-3-18-8-4-7(5-14-15-6(2)16)9(12)10(13)11(8)17/h4-5,17H,3H2,1-2H3,(H,15,16)/b14-5-. The number of hydrogen-bond acceptors (Lipinski definition) is 4. The molecule has 0 aliphatic rings. The summed E-state index contributed by atoms with van der Waals surface area (Å²) < 4.78 is 6.38. The number of carbonyl (C=O) groups is 1. The third-order valence-corrected chi connectivity index (χ3v) is 4.06. The second kappa shape index (κ2) is 6.75. The molecular weight excluding hydrogens is 368 g/mol. The van der Waals surface area contributed by atoms with Crippen LogP contribution in [0, 0.1) is 0 Å². The van der Waals surface area contributed by atoms with Crippen LogP contribution in [-0.4, -0.2) is 23.8 Å². The number of rotatable bonds is 4. The van der Waals surface area contributed by atoms with Gasteiger partial charge in [-0.3, -0.25) is 4.79 Å². The third kappa shape index (κ3) is 3.71. The number of halogens is 2. The maximum absolute atomic E-state index is 10.7. The van der Waals surface area contributed by atoms with Crippen LogP contribution in [0.3, 0.4) is 0 Å². The number of ether oxygens (including phenoxy) is 1. The summed E-state index contributed by atoms with van der Waals surface area (Å²) in [6.07, 6.45) is 1.46. The summed E-state index contributed by atoms with van der Waals surface area (Å²) in [7, 11) is 0. The fourth-order valence-electron chi connectivity index (χ4n) is 1.16. The second-order valence-corrected chi connectivity index (χ2v) is 4.89. The van der Waals surface area contributed by atoms with E-state index in [4.69, 9.17) is 4.74 Å². The van der Waals surface area contributed by atoms with Crippen LogP contribution in [0.4, 0.5) is 0 Å². The maximum Gasteiger partial charge on any atom is 0.236 e. The molecule has 0 spiro atoms. The number of benzene rings is 1. The van der Waals surface area contributed by atoms with Gasteiger partial charge in [0.25, 0.3) is 0 Å². The first-order chi connectivity index (χ1) is 8.47. The molecule has 1 amide bonds. The summed E-state index contributed by atoms with van der Waals surface area (Å²) in [6, 6.07) is 1.62. The van der Waals surface area contributed by atoms with Gasteiger partial charge in [0.05, 0.1) is 17.3 Å². The van der Waals surface area contributed by atoms with E-state index in [0.29, 0.717) is 26.9 Å². The fraction of sp³-hybridized carbons (Fsp3) is 0.273. The van der Waals surface area contributed by atoms with Crippen molar-refractivity contribution in [3.63, 3.8) is 0 Å². The van der Waals surface area contributed by atoms with Gasteiger partial charge in [-0.25, -0.2) is 5.43 Å². The molecule has 5 nitrogen and oxygen atoms in total. The molecule has 1 aromatic carbocycles. The van der Waals surface area contributed by atoms with Crippen LogP contribution in [-0.2, 0) is 4.79 Å². The molecule has 98 valence electrons. The van der Waals surface area contributed by atoms with Crippen molar-refractivity contribution >= 4 is 44.0 Å². The largest absolute Gasteiger partial charge is 0.503 e. The maximum atomic E-state index is 10.7. The fourth-order valence-corrected chi connectivity index (χ4v) is 1.99. The van der Waals surface area contributed by atoms with E-state index >= 15 is 0 Å². The van der Waals surface area contributed by atoms with Gasteiger partial charge >= 0.3 is 0 Å². The van der Waals surface area contributed by atoms with Gasteiger partial charge in [-0.1, -0.05) is 0 Å². The first-order valence-electron chi connectivity index (χ1n) is 5.10. The number of aromatic hydroxyl groups is 1. The Morgan fingerprint density at radius 2 is 2.22 bits per heavy atom. The zero-order chi connectivity index (χ0) is 13.7. The van der Waals surface area contributed by atoms with Crippen LogP contribution in [0.1, 0.15) is 19.4 Å². The highest BCUT2D eigenvalue weighted by Crippen LogP contribution is 2.41. The van der Waals surface area contributed by atoms with Gasteiger partial charge in [0.1, 0.15) is 0 Å². The first-order valence-corrected chi connectivity index (χ1v) is 6.69. The first kappa shape index (κ1) is 15.0. The SMILES string of the molecule is CCOc1cc(/C=N\NC(C)=O)c(Br)c(Br)c1O. The Morgan fingerprint density at radius 3 is 2.78 bits per heavy atom. The molecular formula is C11H12Br2N2O3. The summed E-state index contributed by atoms with van der Waals surface area (Å²) >= 11 is 6.56. The van der Waals surface area contributed by atoms with Crippen molar-refractivity contribution in [2.45, 2.75) is 13.8 Å². The molecule has 0 heterocycles. The van der Waals surface area contributed by atoms with Crippen LogP contribution in [0.2, 0.25) is 0 Å². The van der Waals surface area contributed by atoms with E-state index in [1.165, 1.54) is 13.1 Å². The van der Waals surface area contributed by atoms with E-state index < -0.39 is 0 Å². The van der Waals surface area contributed by atoms with E-state index in [1.807, 2.05) is 6.92 Å². The number of amides is 1. The van der Waals surface area contributed by atoms with E-state index in [9.17, 15) is 9.90 Å². The molecule has 1 aromatic rings. The molecule has 0 saturated heterocycles. The number of nitrogens with zero attached hydrogens (tertiary/aromatic N) is 1. The lowest BCUT2D eigenvalue weighted by Gasteiger charge is -2.10. The minimum absolute atomic E-state index is 0.0143. The molecule has 0 saturated carbocycles. The minimum atomic E-state index is -0.259. The van der Waals surface area contributed by atoms with E-state index in [1.54, 1.807) is 6.07 Å². The highest BCUT2D eigenvalue weighted by Gasteiger charge is 2.14. The molecule has 0 aliphatic heterocycles. The van der Waals surface area contributed by atoms with E-state index in [0.717, 1.165) is 0 Å². The van der Waals surface area contributed by atoms with Crippen LogP contribution in [0.5, 0.6) is 11.5 Å². The van der Waals surface area contributed by atoms with Gasteiger partial charge in [-0.15, -0.1) is 0 Å². The summed E-state index contributed by atoms with van der Waals surface area (Å²) in [4.78, 5) is 10.7. The van der Waals surface area contributed by atoms with E-state index in [-0.39, 0.29) is 11.7 Å². The van der Waals surface area contributed by atoms with Crippen LogP contribution in [0.25, 0.3) is 0 Å². The predicted octanol–water partition coefficient (Wildman–Crippen LogP) is 2.79. The highest BCUT2D eigenvalue weighted by atomic mass is 79.9. The number of phenols is 1. The molecule has 0 unspecified atom stereocenters. The molecule has 0 atom stereocenters. The molecule has 0 aromatic heterocycles. The Bertz CT molecular complexity index is 490. The van der Waals surface area contributed by atoms with Crippen molar-refractivity contribution in [1.82, 2.24) is 5.43 Å². The monoisotopic (exact) mass is 378 g/mol. The summed E-state index contributed by atoms with van der Waals surface area (Å²) in [6.45, 7) is 3.62. The third-order valence-electron chi connectivity index (χ3n) is 1.90. The predicted molar refractivity (Wildman–Crippen MR) is 76.1 cm³/mol. The summed E-state index contributed by atoms with van der Waals surface area (Å²) in [5.74, 6) is 0.0995. The van der Waals surface area contributed by atoms with Crippen molar-refractivity contribution in [2.75, 3.05) is 6.61 Å². The van der Waals surface area contributed by atoms with Crippen LogP contribution < -0.4 is 10.2 Å². The summed E-state index contributed by atoms with van der Waals surface area (Å²) in [5, 5.41) is 13.6. The normalized spacial score (nSPS) is 10.7. The Hall–Kier alpha value is -1.08. The van der Waals surface area contributed by atoms with Gasteiger partial charge < -0.3 is 9.84 Å². The molecule has 7 heteroatoms. The molecule has 0 radical (unpaired) electrons. The Labute approximate surface area is 121 Å². The molecule has 2 N–H and O–H groups in total. The molecule has 18 heavy (non-hydrogen) atoms. The van der Waals surface area contributed by atoms with E-state index in [2.05, 4.69) is 42.4 Å². The lowest BCUT2D eigenvalue weighted by Crippen LogP contribution is -2.12. The molecule has 0 fully saturated rings. The van der Waals surface area contributed by atoms with Crippen LogP contribution in [0.15, 0.2) is 20.1 Å². The molecule has 0 bridgehead atoms. The lowest BCUT2D eigenvalue weighted by molar-refractivity contribution is -0.118. The summed E-state index contributed by atoms with van der Waals surface area (Å²) in [5.41, 5.74) is 2.96. The molecule has 1 rings (SSSR count).